The number of nitrogens with zero attached hydrogens (tertiary/aromatic N) is 2. The summed E-state index contributed by atoms with van der Waals surface area (Å²) in [5, 5.41) is 3.49. The number of pyridine rings is 1. The van der Waals surface area contributed by atoms with Gasteiger partial charge in [-0.1, -0.05) is 0 Å². The van der Waals surface area contributed by atoms with Crippen LogP contribution in [0.25, 0.3) is 0 Å². The maximum Gasteiger partial charge on any atom is 0.0400 e. The summed E-state index contributed by atoms with van der Waals surface area (Å²) < 4.78 is 0. The third-order valence-electron chi connectivity index (χ3n) is 2.44. The topological polar surface area (TPSA) is 28.2 Å². The van der Waals surface area contributed by atoms with Crippen LogP contribution in [0.2, 0.25) is 0 Å². The average Bonchev–Trinajstić information content (AvgIpc) is 2.53. The van der Waals surface area contributed by atoms with Crippen molar-refractivity contribution in [3.05, 3.63) is 24.5 Å². The summed E-state index contributed by atoms with van der Waals surface area (Å²) in [6.45, 7) is 2.34. The van der Waals surface area contributed by atoms with Gasteiger partial charge in [0.25, 0.3) is 0 Å². The second-order valence-corrected chi connectivity index (χ2v) is 3.63. The molecule has 1 aliphatic heterocycles. The van der Waals surface area contributed by atoms with Crippen LogP contribution < -0.4 is 5.32 Å². The van der Waals surface area contributed by atoms with Crippen molar-refractivity contribution in [3.63, 3.8) is 0 Å². The second kappa shape index (κ2) is 3.75. The highest BCUT2D eigenvalue weighted by molar-refractivity contribution is 5.42. The van der Waals surface area contributed by atoms with Crippen LogP contribution in [0.1, 0.15) is 6.42 Å². The first kappa shape index (κ1) is 8.51. The Morgan fingerprint density at radius 1 is 1.46 bits per heavy atom. The van der Waals surface area contributed by atoms with E-state index in [0.717, 1.165) is 6.54 Å². The van der Waals surface area contributed by atoms with E-state index in [1.165, 1.54) is 18.7 Å². The molecule has 0 bridgehead atoms. The van der Waals surface area contributed by atoms with Crippen molar-refractivity contribution in [1.29, 1.82) is 0 Å². The minimum absolute atomic E-state index is 0.604. The molecule has 1 aromatic heterocycles. The zero-order valence-electron chi connectivity index (χ0n) is 7.90. The van der Waals surface area contributed by atoms with Gasteiger partial charge >= 0.3 is 0 Å². The summed E-state index contributed by atoms with van der Waals surface area (Å²) in [7, 11) is 2.16. The fraction of sp³-hybridized carbons (Fsp3) is 0.500. The van der Waals surface area contributed by atoms with Crippen LogP contribution in [0, 0.1) is 0 Å². The zero-order chi connectivity index (χ0) is 9.10. The van der Waals surface area contributed by atoms with Gasteiger partial charge in [0.15, 0.2) is 0 Å². The van der Waals surface area contributed by atoms with Gasteiger partial charge < -0.3 is 10.2 Å². The molecule has 2 rings (SSSR count). The first-order valence-electron chi connectivity index (χ1n) is 4.70. The molecule has 1 atom stereocenters. The maximum absolute atomic E-state index is 3.98. The van der Waals surface area contributed by atoms with Gasteiger partial charge in [0, 0.05) is 30.7 Å². The first-order chi connectivity index (χ1) is 6.34. The van der Waals surface area contributed by atoms with Gasteiger partial charge in [-0.3, -0.25) is 4.98 Å². The Kier molecular flexibility index (Phi) is 2.45. The van der Waals surface area contributed by atoms with Gasteiger partial charge in [0.1, 0.15) is 0 Å². The fourth-order valence-corrected chi connectivity index (χ4v) is 1.74. The number of nitrogens with one attached hydrogen (secondary N) is 1. The number of hydrogen-bond donors (Lipinski definition) is 1. The molecule has 1 aromatic rings. The molecular formula is C10H15N3. The van der Waals surface area contributed by atoms with Crippen molar-refractivity contribution in [3.8, 4) is 0 Å². The Morgan fingerprint density at radius 2 is 2.23 bits per heavy atom. The number of aromatic nitrogens is 1. The number of likely N-dealkylation sites (N-methyl/N-ethyl adjacent to an activating group) is 1. The van der Waals surface area contributed by atoms with Gasteiger partial charge in [0.05, 0.1) is 0 Å². The summed E-state index contributed by atoms with van der Waals surface area (Å²) in [4.78, 5) is 6.33. The van der Waals surface area contributed by atoms with Crippen LogP contribution in [0.15, 0.2) is 24.5 Å². The van der Waals surface area contributed by atoms with E-state index >= 15 is 0 Å². The van der Waals surface area contributed by atoms with Gasteiger partial charge in [0.2, 0.25) is 0 Å². The Balaban J connectivity index is 1.92. The van der Waals surface area contributed by atoms with Gasteiger partial charge in [-0.05, 0) is 32.1 Å². The van der Waals surface area contributed by atoms with Crippen molar-refractivity contribution >= 4 is 5.69 Å². The molecule has 0 aromatic carbocycles. The summed E-state index contributed by atoms with van der Waals surface area (Å²) >= 11 is 0. The van der Waals surface area contributed by atoms with E-state index in [9.17, 15) is 0 Å². The predicted octanol–water partition coefficient (Wildman–Crippen LogP) is 1.20. The lowest BCUT2D eigenvalue weighted by Gasteiger charge is -2.13. The van der Waals surface area contributed by atoms with E-state index < -0.39 is 0 Å². The minimum atomic E-state index is 0.604. The molecule has 0 amide bonds. The Labute approximate surface area is 78.8 Å². The van der Waals surface area contributed by atoms with Crippen LogP contribution >= 0.6 is 0 Å². The molecule has 1 aliphatic rings. The average molecular weight is 177 g/mol. The molecule has 0 aliphatic carbocycles. The molecule has 2 heterocycles. The summed E-state index contributed by atoms with van der Waals surface area (Å²) in [6.07, 6.45) is 4.88. The third kappa shape index (κ3) is 2.18. The van der Waals surface area contributed by atoms with E-state index in [1.807, 2.05) is 24.5 Å². The Morgan fingerprint density at radius 3 is 2.85 bits per heavy atom. The fourth-order valence-electron chi connectivity index (χ4n) is 1.74. The molecule has 0 spiro atoms. The Bertz CT molecular complexity index is 260. The highest BCUT2D eigenvalue weighted by Crippen LogP contribution is 2.13. The monoisotopic (exact) mass is 177 g/mol. The maximum atomic E-state index is 3.98. The molecule has 1 N–H and O–H groups in total. The van der Waals surface area contributed by atoms with Crippen molar-refractivity contribution in [2.24, 2.45) is 0 Å². The quantitative estimate of drug-likeness (QED) is 0.735. The van der Waals surface area contributed by atoms with E-state index in [0.29, 0.717) is 6.04 Å². The van der Waals surface area contributed by atoms with Crippen LogP contribution in [0.4, 0.5) is 5.69 Å². The normalized spacial score (nSPS) is 23.3. The zero-order valence-corrected chi connectivity index (χ0v) is 7.90. The number of hydrogen-bond acceptors (Lipinski definition) is 3. The van der Waals surface area contributed by atoms with Crippen molar-refractivity contribution in [2.45, 2.75) is 12.5 Å². The Hall–Kier alpha value is -1.09. The van der Waals surface area contributed by atoms with E-state index in [4.69, 9.17) is 0 Å². The lowest BCUT2D eigenvalue weighted by atomic mass is 10.2. The molecule has 1 fully saturated rings. The van der Waals surface area contributed by atoms with E-state index in [-0.39, 0.29) is 0 Å². The third-order valence-corrected chi connectivity index (χ3v) is 2.44. The van der Waals surface area contributed by atoms with Crippen molar-refractivity contribution in [1.82, 2.24) is 9.88 Å². The molecule has 3 heteroatoms. The van der Waals surface area contributed by atoms with Crippen molar-refractivity contribution in [2.75, 3.05) is 25.5 Å². The lowest BCUT2D eigenvalue weighted by molar-refractivity contribution is 0.414. The number of rotatable bonds is 2. The smallest absolute Gasteiger partial charge is 0.0400 e. The minimum Gasteiger partial charge on any atom is -0.381 e. The van der Waals surface area contributed by atoms with Crippen LogP contribution in [-0.4, -0.2) is 36.1 Å². The van der Waals surface area contributed by atoms with Crippen LogP contribution in [0.5, 0.6) is 0 Å². The van der Waals surface area contributed by atoms with E-state index in [1.54, 1.807) is 0 Å². The molecule has 0 radical (unpaired) electrons. The van der Waals surface area contributed by atoms with Crippen LogP contribution in [-0.2, 0) is 0 Å². The number of likely N-dealkylation sites (tertiary alicyclic amines) is 1. The largest absolute Gasteiger partial charge is 0.381 e. The lowest BCUT2D eigenvalue weighted by Crippen LogP contribution is -2.23. The second-order valence-electron chi connectivity index (χ2n) is 3.63. The summed E-state index contributed by atoms with van der Waals surface area (Å²) in [5.41, 5.74) is 1.18. The molecule has 70 valence electrons. The van der Waals surface area contributed by atoms with Gasteiger partial charge in [-0.2, -0.15) is 0 Å². The van der Waals surface area contributed by atoms with Crippen molar-refractivity contribution < 1.29 is 0 Å². The highest BCUT2D eigenvalue weighted by atomic mass is 15.2. The molecule has 0 saturated carbocycles. The molecular weight excluding hydrogens is 162 g/mol. The standard InChI is InChI=1S/C10H15N3/c1-13-7-4-10(8-13)12-9-2-5-11-6-3-9/h2-3,5-6,10H,4,7-8H2,1H3,(H,11,12). The van der Waals surface area contributed by atoms with E-state index in [2.05, 4.69) is 22.2 Å². The predicted molar refractivity (Wildman–Crippen MR) is 53.8 cm³/mol. The SMILES string of the molecule is CN1CCC(Nc2ccncc2)C1. The first-order valence-corrected chi connectivity index (χ1v) is 4.70. The molecule has 13 heavy (non-hydrogen) atoms. The highest BCUT2D eigenvalue weighted by Gasteiger charge is 2.18. The summed E-state index contributed by atoms with van der Waals surface area (Å²) in [5.74, 6) is 0. The molecule has 3 nitrogen and oxygen atoms in total. The molecule has 1 saturated heterocycles. The van der Waals surface area contributed by atoms with Crippen LogP contribution in [0.3, 0.4) is 0 Å². The van der Waals surface area contributed by atoms with Gasteiger partial charge in [-0.15, -0.1) is 0 Å². The van der Waals surface area contributed by atoms with Gasteiger partial charge in [-0.25, -0.2) is 0 Å². The summed E-state index contributed by atoms with van der Waals surface area (Å²) in [6, 6.07) is 4.63. The molecule has 1 unspecified atom stereocenters. The number of anilines is 1.